The van der Waals surface area contributed by atoms with Crippen molar-refractivity contribution in [3.63, 3.8) is 0 Å². The summed E-state index contributed by atoms with van der Waals surface area (Å²) in [6.07, 6.45) is 0.231. The molecular formula is C21H25N3O3. The van der Waals surface area contributed by atoms with Crippen molar-refractivity contribution < 1.29 is 14.3 Å². The highest BCUT2D eigenvalue weighted by Gasteiger charge is 2.31. The lowest BCUT2D eigenvalue weighted by Crippen LogP contribution is -2.51. The molecule has 27 heavy (non-hydrogen) atoms. The quantitative estimate of drug-likeness (QED) is 0.786. The van der Waals surface area contributed by atoms with Crippen LogP contribution in [-0.2, 0) is 16.1 Å². The Morgan fingerprint density at radius 3 is 2.59 bits per heavy atom. The zero-order valence-corrected chi connectivity index (χ0v) is 15.5. The summed E-state index contributed by atoms with van der Waals surface area (Å²) in [5.41, 5.74) is 1.87. The van der Waals surface area contributed by atoms with Crippen LogP contribution in [0.5, 0.6) is 5.75 Å². The minimum absolute atomic E-state index is 0.0942. The lowest BCUT2D eigenvalue weighted by Gasteiger charge is -2.35. The Hall–Kier alpha value is -3.02. The van der Waals surface area contributed by atoms with E-state index in [0.29, 0.717) is 25.4 Å². The summed E-state index contributed by atoms with van der Waals surface area (Å²) >= 11 is 0. The third-order valence-electron chi connectivity index (χ3n) is 4.37. The van der Waals surface area contributed by atoms with Crippen LogP contribution in [0.1, 0.15) is 18.9 Å². The minimum atomic E-state index is -0.631. The summed E-state index contributed by atoms with van der Waals surface area (Å²) in [5.74, 6) is 0.376. The Kier molecular flexibility index (Phi) is 6.30. The van der Waals surface area contributed by atoms with Crippen molar-refractivity contribution in [3.05, 3.63) is 60.2 Å². The Morgan fingerprint density at radius 1 is 1.07 bits per heavy atom. The average Bonchev–Trinajstić information content (AvgIpc) is 2.71. The Balaban J connectivity index is 1.65. The van der Waals surface area contributed by atoms with Crippen LogP contribution in [-0.4, -0.2) is 37.6 Å². The third kappa shape index (κ3) is 5.00. The van der Waals surface area contributed by atoms with Gasteiger partial charge in [0, 0.05) is 13.1 Å². The van der Waals surface area contributed by atoms with Gasteiger partial charge in [-0.1, -0.05) is 49.4 Å². The number of hydrogen-bond acceptors (Lipinski definition) is 4. The maximum absolute atomic E-state index is 12.4. The molecule has 0 aromatic heterocycles. The molecule has 1 atom stereocenters. The smallest absolute Gasteiger partial charge is 0.262 e. The van der Waals surface area contributed by atoms with Gasteiger partial charge in [-0.25, -0.2) is 0 Å². The lowest BCUT2D eigenvalue weighted by atomic mass is 10.1. The number of para-hydroxylation sites is 2. The Bertz CT molecular complexity index is 779. The number of hydrogen-bond donors (Lipinski definition) is 2. The predicted molar refractivity (Wildman–Crippen MR) is 105 cm³/mol. The van der Waals surface area contributed by atoms with Gasteiger partial charge in [-0.15, -0.1) is 0 Å². The molecule has 2 aromatic rings. The highest BCUT2D eigenvalue weighted by Crippen LogP contribution is 2.32. The van der Waals surface area contributed by atoms with E-state index in [1.807, 2.05) is 66.4 Å². The maximum Gasteiger partial charge on any atom is 0.262 e. The molecule has 0 saturated carbocycles. The first-order valence-electron chi connectivity index (χ1n) is 9.26. The number of benzene rings is 2. The molecule has 1 aliphatic heterocycles. The van der Waals surface area contributed by atoms with Crippen LogP contribution < -0.4 is 20.3 Å². The fourth-order valence-electron chi connectivity index (χ4n) is 2.98. The number of anilines is 1. The van der Waals surface area contributed by atoms with Gasteiger partial charge in [-0.3, -0.25) is 9.59 Å². The summed E-state index contributed by atoms with van der Waals surface area (Å²) in [7, 11) is 0. The SMILES string of the molecule is CCCNC(=O)C1CN(CC(=O)NCc2ccccc2)c2ccccc2O1. The summed E-state index contributed by atoms with van der Waals surface area (Å²) in [5, 5.41) is 5.80. The van der Waals surface area contributed by atoms with Gasteiger partial charge in [0.05, 0.1) is 18.8 Å². The van der Waals surface area contributed by atoms with Crippen LogP contribution in [0, 0.1) is 0 Å². The van der Waals surface area contributed by atoms with Gasteiger partial charge in [0.1, 0.15) is 5.75 Å². The number of nitrogens with zero attached hydrogens (tertiary/aromatic N) is 1. The van der Waals surface area contributed by atoms with E-state index in [1.165, 1.54) is 0 Å². The Labute approximate surface area is 159 Å². The van der Waals surface area contributed by atoms with Crippen LogP contribution in [0.4, 0.5) is 5.69 Å². The van der Waals surface area contributed by atoms with Gasteiger partial charge in [0.2, 0.25) is 5.91 Å². The first-order valence-corrected chi connectivity index (χ1v) is 9.26. The van der Waals surface area contributed by atoms with Gasteiger partial charge in [0.25, 0.3) is 5.91 Å². The van der Waals surface area contributed by atoms with Crippen molar-refractivity contribution in [1.29, 1.82) is 0 Å². The van der Waals surface area contributed by atoms with Crippen molar-refractivity contribution in [2.75, 3.05) is 24.5 Å². The molecule has 0 fully saturated rings. The fraction of sp³-hybridized carbons (Fsp3) is 0.333. The molecule has 2 N–H and O–H groups in total. The normalized spacial score (nSPS) is 15.4. The van der Waals surface area contributed by atoms with E-state index >= 15 is 0 Å². The fourth-order valence-corrected chi connectivity index (χ4v) is 2.98. The van der Waals surface area contributed by atoms with Crippen molar-refractivity contribution >= 4 is 17.5 Å². The second-order valence-corrected chi connectivity index (χ2v) is 6.51. The molecular weight excluding hydrogens is 342 g/mol. The van der Waals surface area contributed by atoms with Crippen molar-refractivity contribution in [2.45, 2.75) is 26.0 Å². The Morgan fingerprint density at radius 2 is 1.81 bits per heavy atom. The molecule has 0 aliphatic carbocycles. The molecule has 6 heteroatoms. The molecule has 1 unspecified atom stereocenters. The number of nitrogens with one attached hydrogen (secondary N) is 2. The molecule has 2 aromatic carbocycles. The molecule has 0 radical (unpaired) electrons. The summed E-state index contributed by atoms with van der Waals surface area (Å²) in [6, 6.07) is 17.3. The number of ether oxygens (including phenoxy) is 1. The molecule has 3 rings (SSSR count). The van der Waals surface area contributed by atoms with Crippen LogP contribution in [0.3, 0.4) is 0 Å². The van der Waals surface area contributed by atoms with E-state index in [4.69, 9.17) is 4.74 Å². The van der Waals surface area contributed by atoms with Gasteiger partial charge in [0.15, 0.2) is 6.10 Å². The van der Waals surface area contributed by atoms with E-state index in [0.717, 1.165) is 17.7 Å². The van der Waals surface area contributed by atoms with Crippen molar-refractivity contribution in [1.82, 2.24) is 10.6 Å². The highest BCUT2D eigenvalue weighted by molar-refractivity contribution is 5.86. The van der Waals surface area contributed by atoms with Gasteiger partial charge >= 0.3 is 0 Å². The molecule has 1 heterocycles. The summed E-state index contributed by atoms with van der Waals surface area (Å²) < 4.78 is 5.85. The highest BCUT2D eigenvalue weighted by atomic mass is 16.5. The number of rotatable bonds is 7. The standard InChI is InChI=1S/C21H25N3O3/c1-2-12-22-21(26)19-14-24(17-10-6-7-11-18(17)27-19)15-20(25)23-13-16-8-4-3-5-9-16/h3-11,19H,2,12-15H2,1H3,(H,22,26)(H,23,25). The van der Waals surface area contributed by atoms with Gasteiger partial charge in [-0.2, -0.15) is 0 Å². The van der Waals surface area contributed by atoms with Crippen LogP contribution in [0.25, 0.3) is 0 Å². The molecule has 6 nitrogen and oxygen atoms in total. The monoisotopic (exact) mass is 367 g/mol. The van der Waals surface area contributed by atoms with E-state index < -0.39 is 6.10 Å². The van der Waals surface area contributed by atoms with Gasteiger partial charge in [-0.05, 0) is 24.1 Å². The summed E-state index contributed by atoms with van der Waals surface area (Å²) in [4.78, 5) is 26.7. The second kappa shape index (κ2) is 9.07. The first-order chi connectivity index (χ1) is 13.2. The zero-order chi connectivity index (χ0) is 19.1. The number of fused-ring (bicyclic) bond motifs is 1. The van der Waals surface area contributed by atoms with Crippen molar-refractivity contribution in [3.8, 4) is 5.75 Å². The third-order valence-corrected chi connectivity index (χ3v) is 4.37. The first kappa shape index (κ1) is 18.8. The maximum atomic E-state index is 12.4. The van der Waals surface area contributed by atoms with E-state index in [1.54, 1.807) is 0 Å². The minimum Gasteiger partial charge on any atom is -0.477 e. The zero-order valence-electron chi connectivity index (χ0n) is 15.5. The van der Waals surface area contributed by atoms with Crippen molar-refractivity contribution in [2.24, 2.45) is 0 Å². The summed E-state index contributed by atoms with van der Waals surface area (Å²) in [6.45, 7) is 3.60. The average molecular weight is 367 g/mol. The second-order valence-electron chi connectivity index (χ2n) is 6.51. The molecule has 0 bridgehead atoms. The van der Waals surface area contributed by atoms with E-state index in [2.05, 4.69) is 10.6 Å². The molecule has 0 spiro atoms. The van der Waals surface area contributed by atoms with Crippen LogP contribution >= 0.6 is 0 Å². The largest absolute Gasteiger partial charge is 0.477 e. The number of carbonyl (C=O) groups excluding carboxylic acids is 2. The number of amides is 2. The van der Waals surface area contributed by atoms with E-state index in [-0.39, 0.29) is 18.4 Å². The molecule has 1 aliphatic rings. The van der Waals surface area contributed by atoms with Crippen LogP contribution in [0.2, 0.25) is 0 Å². The topological polar surface area (TPSA) is 70.7 Å². The molecule has 142 valence electrons. The number of carbonyl (C=O) groups is 2. The predicted octanol–water partition coefficient (Wildman–Crippen LogP) is 2.10. The van der Waals surface area contributed by atoms with E-state index in [9.17, 15) is 9.59 Å². The molecule has 2 amide bonds. The molecule has 0 saturated heterocycles. The van der Waals surface area contributed by atoms with Gasteiger partial charge < -0.3 is 20.3 Å². The lowest BCUT2D eigenvalue weighted by molar-refractivity contribution is -0.128. The van der Waals surface area contributed by atoms with Crippen LogP contribution in [0.15, 0.2) is 54.6 Å².